The van der Waals surface area contributed by atoms with Crippen LogP contribution in [0.25, 0.3) is 11.1 Å². The van der Waals surface area contributed by atoms with Crippen molar-refractivity contribution < 1.29 is 10.2 Å². The summed E-state index contributed by atoms with van der Waals surface area (Å²) in [7, 11) is 0. The van der Waals surface area contributed by atoms with Crippen molar-refractivity contribution in [1.82, 2.24) is 0 Å². The van der Waals surface area contributed by atoms with E-state index in [9.17, 15) is 10.2 Å². The Bertz CT molecular complexity index is 1420. The fraction of sp³-hybridized carbons (Fsp3) is 0.415. The van der Waals surface area contributed by atoms with E-state index < -0.39 is 5.41 Å². The minimum atomic E-state index is -0.580. The fourth-order valence-electron chi connectivity index (χ4n) is 7.36. The number of rotatable bonds is 10. The monoisotopic (exact) mass is 574 g/mol. The van der Waals surface area contributed by atoms with Crippen molar-refractivity contribution in [2.45, 2.75) is 86.5 Å². The molecule has 0 fully saturated rings. The van der Waals surface area contributed by atoms with E-state index in [0.29, 0.717) is 35.2 Å². The van der Waals surface area contributed by atoms with Crippen LogP contribution in [0.2, 0.25) is 0 Å². The molecule has 2 N–H and O–H groups in total. The molecule has 2 heteroatoms. The molecule has 2 nitrogen and oxygen atoms in total. The zero-order valence-corrected chi connectivity index (χ0v) is 27.5. The highest BCUT2D eigenvalue weighted by Gasteiger charge is 2.47. The molecule has 0 bridgehead atoms. The topological polar surface area (TPSA) is 40.5 Å². The van der Waals surface area contributed by atoms with Gasteiger partial charge in [-0.05, 0) is 105 Å². The molecule has 0 saturated heterocycles. The van der Waals surface area contributed by atoms with Gasteiger partial charge in [-0.2, -0.15) is 0 Å². The van der Waals surface area contributed by atoms with E-state index in [1.165, 1.54) is 33.4 Å². The van der Waals surface area contributed by atoms with Crippen LogP contribution in [0.4, 0.5) is 0 Å². The summed E-state index contributed by atoms with van der Waals surface area (Å²) in [6.07, 6.45) is 3.27. The van der Waals surface area contributed by atoms with Crippen LogP contribution in [-0.4, -0.2) is 10.2 Å². The SMILES string of the molecule is CC(C)Cc1cc(C2(c3cc(CC(C)C)c(O)c(CC(C)C)c3)c3ccccc3-c3ccccc32)cc(CC(C)C)c1O. The van der Waals surface area contributed by atoms with E-state index in [1.807, 2.05) is 0 Å². The Hall–Kier alpha value is -3.52. The molecule has 0 unspecified atom stereocenters. The van der Waals surface area contributed by atoms with Crippen molar-refractivity contribution >= 4 is 0 Å². The molecule has 0 saturated carbocycles. The number of benzene rings is 4. The predicted molar refractivity (Wildman–Crippen MR) is 181 cm³/mol. The van der Waals surface area contributed by atoms with Gasteiger partial charge in [-0.3, -0.25) is 0 Å². The van der Waals surface area contributed by atoms with Crippen LogP contribution in [0, 0.1) is 23.7 Å². The summed E-state index contributed by atoms with van der Waals surface area (Å²) in [6, 6.07) is 26.9. The van der Waals surface area contributed by atoms with Crippen molar-refractivity contribution in [1.29, 1.82) is 0 Å². The van der Waals surface area contributed by atoms with Gasteiger partial charge in [0.2, 0.25) is 0 Å². The minimum absolute atomic E-state index is 0.413. The van der Waals surface area contributed by atoms with Crippen LogP contribution < -0.4 is 0 Å². The second-order valence-corrected chi connectivity index (χ2v) is 14.5. The number of aromatic hydroxyl groups is 2. The molecule has 0 spiro atoms. The summed E-state index contributed by atoms with van der Waals surface area (Å²) in [5.74, 6) is 2.56. The quantitative estimate of drug-likeness (QED) is 0.174. The van der Waals surface area contributed by atoms with Gasteiger partial charge in [-0.25, -0.2) is 0 Å². The molecule has 0 aromatic heterocycles. The molecule has 4 aromatic carbocycles. The van der Waals surface area contributed by atoms with E-state index in [2.05, 4.69) is 128 Å². The molecule has 0 amide bonds. The van der Waals surface area contributed by atoms with Crippen LogP contribution in [0.15, 0.2) is 72.8 Å². The summed E-state index contributed by atoms with van der Waals surface area (Å²) in [5, 5.41) is 23.2. The van der Waals surface area contributed by atoms with Crippen LogP contribution in [0.1, 0.15) is 99.9 Å². The number of fused-ring (bicyclic) bond motifs is 3. The number of hydrogen-bond donors (Lipinski definition) is 2. The fourth-order valence-corrected chi connectivity index (χ4v) is 7.36. The highest BCUT2D eigenvalue weighted by atomic mass is 16.3. The van der Waals surface area contributed by atoms with E-state index in [0.717, 1.165) is 47.9 Å². The maximum absolute atomic E-state index is 11.6. The summed E-state index contributed by atoms with van der Waals surface area (Å²) >= 11 is 0. The molecule has 5 rings (SSSR count). The van der Waals surface area contributed by atoms with Gasteiger partial charge in [0.1, 0.15) is 11.5 Å². The summed E-state index contributed by atoms with van der Waals surface area (Å²) in [4.78, 5) is 0. The van der Waals surface area contributed by atoms with Crippen LogP contribution in [0.3, 0.4) is 0 Å². The Morgan fingerprint density at radius 3 is 1.02 bits per heavy atom. The predicted octanol–water partition coefficient (Wildman–Crippen LogP) is 10.3. The Balaban J connectivity index is 1.95. The lowest BCUT2D eigenvalue weighted by molar-refractivity contribution is 0.448. The number of phenols is 2. The van der Waals surface area contributed by atoms with Gasteiger partial charge < -0.3 is 10.2 Å². The number of hydrogen-bond acceptors (Lipinski definition) is 2. The van der Waals surface area contributed by atoms with Gasteiger partial charge >= 0.3 is 0 Å². The van der Waals surface area contributed by atoms with Crippen molar-refractivity contribution in [3.8, 4) is 22.6 Å². The van der Waals surface area contributed by atoms with E-state index in [1.54, 1.807) is 0 Å². The molecular formula is C41H50O2. The van der Waals surface area contributed by atoms with E-state index >= 15 is 0 Å². The van der Waals surface area contributed by atoms with Crippen molar-refractivity contribution in [2.75, 3.05) is 0 Å². The first-order chi connectivity index (χ1) is 20.4. The standard InChI is InChI=1S/C41H50O2/c1-25(2)17-29-21-33(22-30(39(29)42)18-26(3)4)41(37-15-11-9-13-35(37)36-14-10-12-16-38(36)41)34-23-31(19-27(5)6)40(43)32(24-34)20-28(7)8/h9-16,21-28,42-43H,17-20H2,1-8H3. The maximum Gasteiger partial charge on any atom is 0.121 e. The second kappa shape index (κ2) is 12.2. The highest BCUT2D eigenvalue weighted by molar-refractivity contribution is 5.86. The Kier molecular flexibility index (Phi) is 8.80. The zero-order chi connectivity index (χ0) is 31.1. The average molecular weight is 575 g/mol. The van der Waals surface area contributed by atoms with Crippen LogP contribution in [-0.2, 0) is 31.1 Å². The Morgan fingerprint density at radius 2 is 0.744 bits per heavy atom. The second-order valence-electron chi connectivity index (χ2n) is 14.5. The average Bonchev–Trinajstić information content (AvgIpc) is 3.23. The van der Waals surface area contributed by atoms with E-state index in [-0.39, 0.29) is 0 Å². The van der Waals surface area contributed by atoms with Gasteiger partial charge in [0.15, 0.2) is 0 Å². The van der Waals surface area contributed by atoms with E-state index in [4.69, 9.17) is 0 Å². The minimum Gasteiger partial charge on any atom is -0.507 e. The third-order valence-electron chi connectivity index (χ3n) is 8.87. The Morgan fingerprint density at radius 1 is 0.465 bits per heavy atom. The molecule has 0 heterocycles. The first-order valence-corrected chi connectivity index (χ1v) is 16.3. The van der Waals surface area contributed by atoms with Gasteiger partial charge in [0, 0.05) is 0 Å². The van der Waals surface area contributed by atoms with Gasteiger partial charge in [0.05, 0.1) is 5.41 Å². The van der Waals surface area contributed by atoms with Crippen LogP contribution >= 0.6 is 0 Å². The zero-order valence-electron chi connectivity index (χ0n) is 27.5. The molecule has 1 aliphatic carbocycles. The number of phenolic OH excluding ortho intramolecular Hbond substituents is 2. The molecule has 43 heavy (non-hydrogen) atoms. The molecule has 1 aliphatic rings. The van der Waals surface area contributed by atoms with Crippen LogP contribution in [0.5, 0.6) is 11.5 Å². The molecule has 0 atom stereocenters. The van der Waals surface area contributed by atoms with Gasteiger partial charge in [-0.15, -0.1) is 0 Å². The normalized spacial score (nSPS) is 13.8. The lowest BCUT2D eigenvalue weighted by atomic mass is 9.66. The summed E-state index contributed by atoms with van der Waals surface area (Å²) in [5.41, 5.74) is 11.0. The lowest BCUT2D eigenvalue weighted by Gasteiger charge is -2.36. The molecule has 0 aliphatic heterocycles. The largest absolute Gasteiger partial charge is 0.507 e. The third kappa shape index (κ3) is 5.74. The molecule has 4 aromatic rings. The maximum atomic E-state index is 11.6. The molecule has 0 radical (unpaired) electrons. The van der Waals surface area contributed by atoms with Gasteiger partial charge in [-0.1, -0.05) is 128 Å². The van der Waals surface area contributed by atoms with Gasteiger partial charge in [0.25, 0.3) is 0 Å². The molecular weight excluding hydrogens is 524 g/mol. The smallest absolute Gasteiger partial charge is 0.121 e. The van der Waals surface area contributed by atoms with Crippen molar-refractivity contribution in [3.63, 3.8) is 0 Å². The lowest BCUT2D eigenvalue weighted by Crippen LogP contribution is -2.30. The highest BCUT2D eigenvalue weighted by Crippen LogP contribution is 2.57. The first-order valence-electron chi connectivity index (χ1n) is 16.3. The van der Waals surface area contributed by atoms with Crippen molar-refractivity contribution in [3.05, 3.63) is 117 Å². The summed E-state index contributed by atoms with van der Waals surface area (Å²) in [6.45, 7) is 17.8. The summed E-state index contributed by atoms with van der Waals surface area (Å²) < 4.78 is 0. The molecule has 226 valence electrons. The van der Waals surface area contributed by atoms with Crippen molar-refractivity contribution in [2.24, 2.45) is 23.7 Å². The Labute approximate surface area is 259 Å². The third-order valence-corrected chi connectivity index (χ3v) is 8.87. The first kappa shape index (κ1) is 30.9.